The Balaban J connectivity index is 1.77. The highest BCUT2D eigenvalue weighted by molar-refractivity contribution is 7.18. The molecule has 0 aliphatic heterocycles. The summed E-state index contributed by atoms with van der Waals surface area (Å²) < 4.78 is 17.1. The van der Waals surface area contributed by atoms with Crippen molar-refractivity contribution in [3.8, 4) is 5.75 Å². The van der Waals surface area contributed by atoms with E-state index in [0.29, 0.717) is 17.7 Å². The van der Waals surface area contributed by atoms with Crippen LogP contribution in [0.2, 0.25) is 0 Å². The van der Waals surface area contributed by atoms with E-state index in [1.165, 1.54) is 17.9 Å². The number of carbonyl (C=O) groups is 3. The zero-order valence-corrected chi connectivity index (χ0v) is 18.7. The highest BCUT2D eigenvalue weighted by Gasteiger charge is 2.27. The lowest BCUT2D eigenvalue weighted by atomic mass is 10.1. The predicted molar refractivity (Wildman–Crippen MR) is 118 cm³/mol. The molecule has 0 saturated carbocycles. The average Bonchev–Trinajstić information content (AvgIpc) is 3.41. The summed E-state index contributed by atoms with van der Waals surface area (Å²) in [5.41, 5.74) is 0.643. The predicted octanol–water partition coefficient (Wildman–Crippen LogP) is 3.90. The van der Waals surface area contributed by atoms with Gasteiger partial charge in [0.25, 0.3) is 5.91 Å². The minimum atomic E-state index is -0.618. The summed E-state index contributed by atoms with van der Waals surface area (Å²) in [6.45, 7) is 3.82. The molecule has 0 spiro atoms. The molecule has 3 aromatic rings. The van der Waals surface area contributed by atoms with Gasteiger partial charge in [0.15, 0.2) is 12.4 Å². The molecular weight excluding hydrogens is 434 g/mol. The van der Waals surface area contributed by atoms with Crippen LogP contribution in [0.25, 0.3) is 0 Å². The van der Waals surface area contributed by atoms with Crippen molar-refractivity contribution < 1.29 is 28.6 Å². The van der Waals surface area contributed by atoms with Crippen LogP contribution < -0.4 is 10.1 Å². The Morgan fingerprint density at radius 3 is 2.56 bits per heavy atom. The molecule has 3 rings (SSSR count). The summed E-state index contributed by atoms with van der Waals surface area (Å²) in [4.78, 5) is 37.6. The number of thiophene rings is 1. The maximum absolute atomic E-state index is 12.8. The van der Waals surface area contributed by atoms with E-state index < -0.39 is 17.8 Å². The van der Waals surface area contributed by atoms with E-state index in [1.54, 1.807) is 13.1 Å². The van der Waals surface area contributed by atoms with Crippen molar-refractivity contribution in [2.75, 3.05) is 19.0 Å². The maximum Gasteiger partial charge on any atom is 0.348 e. The van der Waals surface area contributed by atoms with Crippen molar-refractivity contribution in [3.05, 3.63) is 64.3 Å². The molecule has 9 nitrogen and oxygen atoms in total. The van der Waals surface area contributed by atoms with Gasteiger partial charge in [-0.15, -0.1) is 11.3 Å². The molecule has 0 bridgehead atoms. The van der Waals surface area contributed by atoms with Gasteiger partial charge in [-0.25, -0.2) is 14.3 Å². The second-order valence-corrected chi connectivity index (χ2v) is 7.69. The van der Waals surface area contributed by atoms with Crippen LogP contribution in [0.15, 0.2) is 42.6 Å². The van der Waals surface area contributed by atoms with E-state index in [4.69, 9.17) is 14.2 Å². The van der Waals surface area contributed by atoms with E-state index in [1.807, 2.05) is 37.3 Å². The first kappa shape index (κ1) is 23.0. The second-order valence-electron chi connectivity index (χ2n) is 6.67. The van der Waals surface area contributed by atoms with Crippen LogP contribution in [0.5, 0.6) is 5.75 Å². The molecule has 1 amide bonds. The third kappa shape index (κ3) is 5.33. The van der Waals surface area contributed by atoms with Gasteiger partial charge in [-0.3, -0.25) is 4.79 Å². The van der Waals surface area contributed by atoms with Gasteiger partial charge in [0.05, 0.1) is 19.3 Å². The van der Waals surface area contributed by atoms with E-state index in [2.05, 4.69) is 10.4 Å². The molecule has 0 aliphatic rings. The fourth-order valence-electron chi connectivity index (χ4n) is 2.78. The normalized spacial score (nSPS) is 10.5. The number of amides is 1. The molecule has 2 heterocycles. The highest BCUT2D eigenvalue weighted by Crippen LogP contribution is 2.34. The maximum atomic E-state index is 12.8. The summed E-state index contributed by atoms with van der Waals surface area (Å²) in [6.07, 6.45) is 2.25. The lowest BCUT2D eigenvalue weighted by Crippen LogP contribution is -2.16. The average molecular weight is 458 g/mol. The van der Waals surface area contributed by atoms with Crippen molar-refractivity contribution in [1.29, 1.82) is 0 Å². The van der Waals surface area contributed by atoms with Gasteiger partial charge in [0, 0.05) is 6.20 Å². The van der Waals surface area contributed by atoms with E-state index >= 15 is 0 Å². The number of benzene rings is 1. The number of ether oxygens (including phenoxy) is 3. The quantitative estimate of drug-likeness (QED) is 0.486. The minimum Gasteiger partial charge on any atom is -0.471 e. The first-order chi connectivity index (χ1) is 15.4. The molecule has 0 unspecified atom stereocenters. The van der Waals surface area contributed by atoms with Crippen LogP contribution in [0.1, 0.15) is 49.4 Å². The molecule has 2 aromatic heterocycles. The van der Waals surface area contributed by atoms with Crippen molar-refractivity contribution in [2.45, 2.75) is 27.0 Å². The fraction of sp³-hybridized carbons (Fsp3) is 0.273. The zero-order chi connectivity index (χ0) is 23.1. The largest absolute Gasteiger partial charge is 0.471 e. The van der Waals surface area contributed by atoms with Gasteiger partial charge in [-0.2, -0.15) is 5.10 Å². The Kier molecular flexibility index (Phi) is 7.61. The summed E-state index contributed by atoms with van der Waals surface area (Å²) in [7, 11) is 1.25. The third-order valence-corrected chi connectivity index (χ3v) is 5.55. The Bertz CT molecular complexity index is 1110. The first-order valence-electron chi connectivity index (χ1n) is 9.86. The summed E-state index contributed by atoms with van der Waals surface area (Å²) in [5.74, 6) is -1.08. The molecule has 32 heavy (non-hydrogen) atoms. The molecule has 0 aliphatic carbocycles. The van der Waals surface area contributed by atoms with Crippen molar-refractivity contribution in [3.63, 3.8) is 0 Å². The van der Waals surface area contributed by atoms with Gasteiger partial charge in [0.1, 0.15) is 15.6 Å². The Morgan fingerprint density at radius 2 is 1.88 bits per heavy atom. The highest BCUT2D eigenvalue weighted by atomic mass is 32.1. The van der Waals surface area contributed by atoms with Crippen LogP contribution in [0.3, 0.4) is 0 Å². The molecule has 10 heteroatoms. The third-order valence-electron chi connectivity index (χ3n) is 4.37. The number of hydrogen-bond donors (Lipinski definition) is 1. The van der Waals surface area contributed by atoms with Gasteiger partial charge >= 0.3 is 11.9 Å². The number of rotatable bonds is 9. The van der Waals surface area contributed by atoms with Crippen molar-refractivity contribution in [2.24, 2.45) is 0 Å². The number of anilines is 1. The van der Waals surface area contributed by atoms with Crippen LogP contribution in [-0.2, 0) is 16.2 Å². The summed E-state index contributed by atoms with van der Waals surface area (Å²) in [5, 5.41) is 7.07. The SMILES string of the molecule is CCCOC(=O)c1c(NC(=O)c2ccn(COc3ccccc3)n2)sc(C(=O)OC)c1C. The molecule has 0 fully saturated rings. The Morgan fingerprint density at radius 1 is 1.12 bits per heavy atom. The number of nitrogens with one attached hydrogen (secondary N) is 1. The van der Waals surface area contributed by atoms with E-state index in [9.17, 15) is 14.4 Å². The van der Waals surface area contributed by atoms with E-state index in [0.717, 1.165) is 11.3 Å². The lowest BCUT2D eigenvalue weighted by Gasteiger charge is -2.07. The lowest BCUT2D eigenvalue weighted by molar-refractivity contribution is 0.0506. The van der Waals surface area contributed by atoms with Gasteiger partial charge in [-0.05, 0) is 37.1 Å². The fourth-order valence-corrected chi connectivity index (χ4v) is 3.89. The van der Waals surface area contributed by atoms with Gasteiger partial charge in [-0.1, -0.05) is 25.1 Å². The molecule has 1 aromatic carbocycles. The van der Waals surface area contributed by atoms with Gasteiger partial charge in [0.2, 0.25) is 0 Å². The number of nitrogens with zero attached hydrogens (tertiary/aromatic N) is 2. The van der Waals surface area contributed by atoms with E-state index in [-0.39, 0.29) is 34.5 Å². The smallest absolute Gasteiger partial charge is 0.348 e. The standard InChI is InChI=1S/C22H23N3O6S/c1-4-12-30-21(27)17-14(2)18(22(28)29-3)32-20(17)23-19(26)16-10-11-25(24-16)13-31-15-8-6-5-7-9-15/h5-11H,4,12-13H2,1-3H3,(H,23,26). The molecule has 0 radical (unpaired) electrons. The van der Waals surface area contributed by atoms with Crippen LogP contribution in [0, 0.1) is 6.92 Å². The molecule has 0 saturated heterocycles. The van der Waals surface area contributed by atoms with Crippen LogP contribution in [0.4, 0.5) is 5.00 Å². The second kappa shape index (κ2) is 10.6. The number of para-hydroxylation sites is 1. The Labute approximate surface area is 188 Å². The van der Waals surface area contributed by atoms with Crippen molar-refractivity contribution in [1.82, 2.24) is 9.78 Å². The molecule has 1 N–H and O–H groups in total. The minimum absolute atomic E-state index is 0.122. The van der Waals surface area contributed by atoms with Crippen LogP contribution in [-0.4, -0.2) is 41.3 Å². The van der Waals surface area contributed by atoms with Gasteiger partial charge < -0.3 is 19.5 Å². The number of carbonyl (C=O) groups excluding carboxylic acids is 3. The Hall–Kier alpha value is -3.66. The van der Waals surface area contributed by atoms with Crippen molar-refractivity contribution >= 4 is 34.2 Å². The summed E-state index contributed by atoms with van der Waals surface area (Å²) in [6, 6.07) is 10.7. The number of hydrogen-bond acceptors (Lipinski definition) is 8. The summed E-state index contributed by atoms with van der Waals surface area (Å²) >= 11 is 0.951. The molecule has 0 atom stereocenters. The number of aromatic nitrogens is 2. The number of methoxy groups -OCH3 is 1. The van der Waals surface area contributed by atoms with Crippen LogP contribution >= 0.6 is 11.3 Å². The topological polar surface area (TPSA) is 109 Å². The first-order valence-corrected chi connectivity index (χ1v) is 10.7. The molecule has 168 valence electrons. The molecular formula is C22H23N3O6S. The monoisotopic (exact) mass is 457 g/mol. The zero-order valence-electron chi connectivity index (χ0n) is 17.9. The number of esters is 2.